The van der Waals surface area contributed by atoms with E-state index in [1.807, 2.05) is 12.1 Å². The summed E-state index contributed by atoms with van der Waals surface area (Å²) in [5.74, 6) is 0.777. The highest BCUT2D eigenvalue weighted by atomic mass is 35.5. The van der Waals surface area contributed by atoms with Gasteiger partial charge in [-0.1, -0.05) is 29.3 Å². The Morgan fingerprint density at radius 3 is 2.68 bits per heavy atom. The van der Waals surface area contributed by atoms with E-state index < -0.39 is 0 Å². The minimum Gasteiger partial charge on any atom is -0.469 e. The number of halogens is 2. The molecule has 1 N–H and O–H groups in total. The molecule has 1 aliphatic heterocycles. The second kappa shape index (κ2) is 9.88. The highest BCUT2D eigenvalue weighted by Crippen LogP contribution is 2.22. The van der Waals surface area contributed by atoms with Crippen molar-refractivity contribution in [3.05, 3.63) is 33.8 Å². The fraction of sp³-hybridized carbons (Fsp3) is 0.556. The molecule has 1 aromatic rings. The zero-order valence-electron chi connectivity index (χ0n) is 14.7. The van der Waals surface area contributed by atoms with Crippen molar-refractivity contribution in [3.63, 3.8) is 0 Å². The summed E-state index contributed by atoms with van der Waals surface area (Å²) in [6, 6.07) is 5.61. The maximum absolute atomic E-state index is 11.6. The van der Waals surface area contributed by atoms with Crippen LogP contribution in [-0.4, -0.2) is 50.6 Å². The van der Waals surface area contributed by atoms with E-state index in [1.165, 1.54) is 7.11 Å². The summed E-state index contributed by atoms with van der Waals surface area (Å²) in [5, 5.41) is 4.75. The minimum atomic E-state index is -0.109. The standard InChI is InChI=1S/C18H25Cl2N3O2/c1-21-18(23-10-7-14(8-11-23)17(24)25-2)22-9-3-4-13-5-6-15(19)12-16(13)20/h5-6,12,14H,3-4,7-11H2,1-2H3,(H,21,22). The van der Waals surface area contributed by atoms with Crippen LogP contribution in [-0.2, 0) is 16.0 Å². The second-order valence-electron chi connectivity index (χ2n) is 6.10. The van der Waals surface area contributed by atoms with Gasteiger partial charge in [0.1, 0.15) is 0 Å². The van der Waals surface area contributed by atoms with Gasteiger partial charge in [0.15, 0.2) is 5.96 Å². The third-order valence-electron chi connectivity index (χ3n) is 4.46. The van der Waals surface area contributed by atoms with Gasteiger partial charge in [0.05, 0.1) is 13.0 Å². The van der Waals surface area contributed by atoms with Gasteiger partial charge >= 0.3 is 5.97 Å². The maximum atomic E-state index is 11.6. The van der Waals surface area contributed by atoms with Crippen LogP contribution in [0.2, 0.25) is 10.0 Å². The van der Waals surface area contributed by atoms with Gasteiger partial charge in [-0.3, -0.25) is 9.79 Å². The van der Waals surface area contributed by atoms with Gasteiger partial charge in [-0.05, 0) is 43.4 Å². The number of ether oxygens (including phenoxy) is 1. The van der Waals surface area contributed by atoms with Crippen LogP contribution in [0, 0.1) is 5.92 Å². The van der Waals surface area contributed by atoms with E-state index in [4.69, 9.17) is 27.9 Å². The van der Waals surface area contributed by atoms with Crippen molar-refractivity contribution >= 4 is 35.1 Å². The Hall–Kier alpha value is -1.46. The highest BCUT2D eigenvalue weighted by Gasteiger charge is 2.26. The number of esters is 1. The van der Waals surface area contributed by atoms with Crippen molar-refractivity contribution in [2.75, 3.05) is 33.8 Å². The number of nitrogens with one attached hydrogen (secondary N) is 1. The molecule has 1 fully saturated rings. The highest BCUT2D eigenvalue weighted by molar-refractivity contribution is 6.35. The number of rotatable bonds is 5. The summed E-state index contributed by atoms with van der Waals surface area (Å²) >= 11 is 12.1. The molecule has 2 rings (SSSR count). The van der Waals surface area contributed by atoms with E-state index in [1.54, 1.807) is 13.1 Å². The Labute approximate surface area is 159 Å². The summed E-state index contributed by atoms with van der Waals surface area (Å²) in [4.78, 5) is 18.1. The van der Waals surface area contributed by atoms with Gasteiger partial charge in [-0.2, -0.15) is 0 Å². The van der Waals surface area contributed by atoms with Gasteiger partial charge in [0, 0.05) is 36.7 Å². The number of hydrogen-bond acceptors (Lipinski definition) is 3. The molecule has 0 spiro atoms. The van der Waals surface area contributed by atoms with E-state index in [0.717, 1.165) is 56.8 Å². The molecule has 0 bridgehead atoms. The van der Waals surface area contributed by atoms with E-state index in [-0.39, 0.29) is 11.9 Å². The lowest BCUT2D eigenvalue weighted by molar-refractivity contribution is -0.146. The van der Waals surface area contributed by atoms with Crippen LogP contribution in [0.3, 0.4) is 0 Å². The molecule has 0 saturated carbocycles. The third-order valence-corrected chi connectivity index (χ3v) is 5.05. The Bertz CT molecular complexity index is 614. The summed E-state index contributed by atoms with van der Waals surface area (Å²) < 4.78 is 4.83. The lowest BCUT2D eigenvalue weighted by atomic mass is 9.97. The lowest BCUT2D eigenvalue weighted by Crippen LogP contribution is -2.46. The van der Waals surface area contributed by atoms with Crippen molar-refractivity contribution < 1.29 is 9.53 Å². The first-order chi connectivity index (χ1) is 12.0. The second-order valence-corrected chi connectivity index (χ2v) is 6.94. The number of carbonyl (C=O) groups excluding carboxylic acids is 1. The van der Waals surface area contributed by atoms with Crippen molar-refractivity contribution in [2.24, 2.45) is 10.9 Å². The van der Waals surface area contributed by atoms with Crippen LogP contribution in [0.5, 0.6) is 0 Å². The Kier molecular flexibility index (Phi) is 7.85. The van der Waals surface area contributed by atoms with E-state index in [9.17, 15) is 4.79 Å². The molecule has 0 radical (unpaired) electrons. The van der Waals surface area contributed by atoms with Crippen molar-refractivity contribution in [1.29, 1.82) is 0 Å². The van der Waals surface area contributed by atoms with Gasteiger partial charge < -0.3 is 15.0 Å². The topological polar surface area (TPSA) is 53.9 Å². The Morgan fingerprint density at radius 2 is 2.08 bits per heavy atom. The van der Waals surface area contributed by atoms with Crippen LogP contribution >= 0.6 is 23.2 Å². The smallest absolute Gasteiger partial charge is 0.308 e. The molecule has 5 nitrogen and oxygen atoms in total. The first kappa shape index (κ1) is 19.9. The minimum absolute atomic E-state index is 0.00593. The van der Waals surface area contributed by atoms with Gasteiger partial charge in [-0.15, -0.1) is 0 Å². The molecule has 1 aliphatic rings. The quantitative estimate of drug-likeness (QED) is 0.365. The van der Waals surface area contributed by atoms with Crippen LogP contribution in [0.4, 0.5) is 0 Å². The number of likely N-dealkylation sites (tertiary alicyclic amines) is 1. The number of aryl methyl sites for hydroxylation is 1. The maximum Gasteiger partial charge on any atom is 0.308 e. The lowest BCUT2D eigenvalue weighted by Gasteiger charge is -2.33. The fourth-order valence-corrected chi connectivity index (χ4v) is 3.53. The molecule has 0 aliphatic carbocycles. The molecular formula is C18H25Cl2N3O2. The number of methoxy groups -OCH3 is 1. The molecular weight excluding hydrogens is 361 g/mol. The number of aliphatic imine (C=N–C) groups is 1. The number of nitrogens with zero attached hydrogens (tertiary/aromatic N) is 2. The largest absolute Gasteiger partial charge is 0.469 e. The normalized spacial score (nSPS) is 16.0. The first-order valence-electron chi connectivity index (χ1n) is 8.52. The average Bonchev–Trinajstić information content (AvgIpc) is 2.63. The van der Waals surface area contributed by atoms with Crippen molar-refractivity contribution in [2.45, 2.75) is 25.7 Å². The van der Waals surface area contributed by atoms with Crippen molar-refractivity contribution in [3.8, 4) is 0 Å². The number of carbonyl (C=O) groups is 1. The molecule has 1 aromatic carbocycles. The zero-order chi connectivity index (χ0) is 18.2. The van der Waals surface area contributed by atoms with Crippen LogP contribution in [0.25, 0.3) is 0 Å². The van der Waals surface area contributed by atoms with Gasteiger partial charge in [0.25, 0.3) is 0 Å². The summed E-state index contributed by atoms with van der Waals surface area (Å²) in [6.07, 6.45) is 3.42. The molecule has 0 amide bonds. The predicted octanol–water partition coefficient (Wildman–Crippen LogP) is 3.39. The number of guanidine groups is 1. The monoisotopic (exact) mass is 385 g/mol. The SMILES string of the molecule is CN=C(NCCCc1ccc(Cl)cc1Cl)N1CCC(C(=O)OC)CC1. The van der Waals surface area contributed by atoms with E-state index >= 15 is 0 Å². The molecule has 0 aromatic heterocycles. The fourth-order valence-electron chi connectivity index (χ4n) is 3.03. The van der Waals surface area contributed by atoms with E-state index in [0.29, 0.717) is 10.0 Å². The molecule has 7 heteroatoms. The summed E-state index contributed by atoms with van der Waals surface area (Å²) in [6.45, 7) is 2.42. The van der Waals surface area contributed by atoms with Gasteiger partial charge in [-0.25, -0.2) is 0 Å². The summed E-state index contributed by atoms with van der Waals surface area (Å²) in [7, 11) is 3.23. The van der Waals surface area contributed by atoms with Crippen molar-refractivity contribution in [1.82, 2.24) is 10.2 Å². The predicted molar refractivity (Wildman–Crippen MR) is 102 cm³/mol. The van der Waals surface area contributed by atoms with Crippen LogP contribution < -0.4 is 5.32 Å². The number of benzene rings is 1. The number of hydrogen-bond donors (Lipinski definition) is 1. The Balaban J connectivity index is 1.75. The Morgan fingerprint density at radius 1 is 1.36 bits per heavy atom. The molecule has 1 saturated heterocycles. The molecule has 0 atom stereocenters. The number of piperidine rings is 1. The average molecular weight is 386 g/mol. The summed E-state index contributed by atoms with van der Waals surface area (Å²) in [5.41, 5.74) is 1.10. The van der Waals surface area contributed by atoms with Gasteiger partial charge in [0.2, 0.25) is 0 Å². The zero-order valence-corrected chi connectivity index (χ0v) is 16.2. The molecule has 0 unspecified atom stereocenters. The molecule has 25 heavy (non-hydrogen) atoms. The molecule has 138 valence electrons. The third kappa shape index (κ3) is 5.79. The molecule has 1 heterocycles. The first-order valence-corrected chi connectivity index (χ1v) is 9.28. The van der Waals surface area contributed by atoms with Crippen LogP contribution in [0.15, 0.2) is 23.2 Å². The van der Waals surface area contributed by atoms with Crippen LogP contribution in [0.1, 0.15) is 24.8 Å². The van der Waals surface area contributed by atoms with E-state index in [2.05, 4.69) is 15.2 Å².